The monoisotopic (exact) mass is 180 g/mol. The summed E-state index contributed by atoms with van der Waals surface area (Å²) < 4.78 is 0. The van der Waals surface area contributed by atoms with Gasteiger partial charge < -0.3 is 11.1 Å². The molecule has 0 radical (unpaired) electrons. The molecule has 0 aliphatic heterocycles. The molecule has 0 aliphatic carbocycles. The Bertz CT molecular complexity index is 307. The number of rotatable bonds is 2. The van der Waals surface area contributed by atoms with Crippen LogP contribution in [0.3, 0.4) is 0 Å². The van der Waals surface area contributed by atoms with Gasteiger partial charge in [-0.3, -0.25) is 0 Å². The summed E-state index contributed by atoms with van der Waals surface area (Å²) in [5.74, 6) is 0. The zero-order valence-electron chi connectivity index (χ0n) is 7.22. The molecule has 0 aliphatic rings. The summed E-state index contributed by atoms with van der Waals surface area (Å²) in [5.41, 5.74) is 8.60. The van der Waals surface area contributed by atoms with Crippen LogP contribution in [0.4, 0.5) is 5.69 Å². The van der Waals surface area contributed by atoms with E-state index in [0.717, 1.165) is 16.8 Å². The number of anilines is 1. The molecule has 64 valence electrons. The number of nitrogens with one attached hydrogen (secondary N) is 1. The van der Waals surface area contributed by atoms with Gasteiger partial charge in [-0.1, -0.05) is 23.8 Å². The number of hydrogen-bond acceptors (Lipinski definition) is 2. The number of thiocarbonyl (C=S) groups is 1. The summed E-state index contributed by atoms with van der Waals surface area (Å²) in [6, 6.07) is 5.98. The van der Waals surface area contributed by atoms with Crippen molar-refractivity contribution >= 4 is 22.9 Å². The molecular formula is C9H12N2S. The highest BCUT2D eigenvalue weighted by Gasteiger charge is 2.02. The normalized spacial score (nSPS) is 9.50. The summed E-state index contributed by atoms with van der Waals surface area (Å²) in [5, 5.41) is 3.04. The molecule has 0 heterocycles. The molecule has 1 aromatic rings. The Morgan fingerprint density at radius 1 is 1.50 bits per heavy atom. The highest BCUT2D eigenvalue weighted by atomic mass is 32.1. The number of aryl methyl sites for hydroxylation is 1. The van der Waals surface area contributed by atoms with Crippen LogP contribution < -0.4 is 11.1 Å². The Morgan fingerprint density at radius 2 is 2.17 bits per heavy atom. The van der Waals surface area contributed by atoms with E-state index >= 15 is 0 Å². The molecule has 1 aromatic carbocycles. The lowest BCUT2D eigenvalue weighted by molar-refractivity contribution is 1.42. The zero-order chi connectivity index (χ0) is 9.14. The van der Waals surface area contributed by atoms with Gasteiger partial charge in [-0.2, -0.15) is 0 Å². The van der Waals surface area contributed by atoms with Crippen molar-refractivity contribution in [3.8, 4) is 0 Å². The van der Waals surface area contributed by atoms with Crippen LogP contribution in [0, 0.1) is 6.92 Å². The number of nitrogens with two attached hydrogens (primary N) is 1. The third-order valence-corrected chi connectivity index (χ3v) is 1.93. The molecule has 0 aromatic heterocycles. The Balaban J connectivity index is 3.21. The van der Waals surface area contributed by atoms with Gasteiger partial charge in [0.25, 0.3) is 0 Å². The average Bonchev–Trinajstić information content (AvgIpc) is 2.04. The number of hydrogen-bond donors (Lipinski definition) is 2. The summed E-state index contributed by atoms with van der Waals surface area (Å²) in [7, 11) is 1.85. The van der Waals surface area contributed by atoms with Gasteiger partial charge in [-0.05, 0) is 19.1 Å². The fourth-order valence-electron chi connectivity index (χ4n) is 1.08. The predicted octanol–water partition coefficient (Wildman–Crippen LogP) is 1.67. The van der Waals surface area contributed by atoms with Crippen LogP contribution in [0.2, 0.25) is 0 Å². The Labute approximate surface area is 77.8 Å². The minimum Gasteiger partial charge on any atom is -0.389 e. The maximum absolute atomic E-state index is 5.55. The molecular weight excluding hydrogens is 168 g/mol. The van der Waals surface area contributed by atoms with Crippen LogP contribution >= 0.6 is 12.2 Å². The molecule has 0 amide bonds. The van der Waals surface area contributed by atoms with E-state index < -0.39 is 0 Å². The molecule has 0 saturated heterocycles. The minimum atomic E-state index is 0.433. The highest BCUT2D eigenvalue weighted by molar-refractivity contribution is 7.80. The van der Waals surface area contributed by atoms with Gasteiger partial charge in [-0.25, -0.2) is 0 Å². The molecule has 3 heteroatoms. The van der Waals surface area contributed by atoms with Crippen LogP contribution in [0.15, 0.2) is 18.2 Å². The van der Waals surface area contributed by atoms with Gasteiger partial charge in [-0.15, -0.1) is 0 Å². The fraction of sp³-hybridized carbons (Fsp3) is 0.222. The van der Waals surface area contributed by atoms with E-state index in [-0.39, 0.29) is 0 Å². The van der Waals surface area contributed by atoms with Crippen molar-refractivity contribution in [2.75, 3.05) is 12.4 Å². The smallest absolute Gasteiger partial charge is 0.106 e. The van der Waals surface area contributed by atoms with Gasteiger partial charge in [0.15, 0.2) is 0 Å². The predicted molar refractivity (Wildman–Crippen MR) is 56.6 cm³/mol. The molecule has 0 fully saturated rings. The second-order valence-corrected chi connectivity index (χ2v) is 3.10. The van der Waals surface area contributed by atoms with Crippen molar-refractivity contribution in [2.24, 2.45) is 5.73 Å². The zero-order valence-corrected chi connectivity index (χ0v) is 8.03. The molecule has 3 N–H and O–H groups in total. The van der Waals surface area contributed by atoms with E-state index in [1.54, 1.807) is 0 Å². The van der Waals surface area contributed by atoms with Crippen molar-refractivity contribution < 1.29 is 0 Å². The van der Waals surface area contributed by atoms with Crippen LogP contribution in [0.25, 0.3) is 0 Å². The first kappa shape index (κ1) is 9.00. The lowest BCUT2D eigenvalue weighted by Crippen LogP contribution is -2.12. The van der Waals surface area contributed by atoms with Crippen molar-refractivity contribution in [3.05, 3.63) is 29.3 Å². The lowest BCUT2D eigenvalue weighted by atomic mass is 10.1. The van der Waals surface area contributed by atoms with Crippen molar-refractivity contribution in [1.82, 2.24) is 0 Å². The Kier molecular flexibility index (Phi) is 2.65. The summed E-state index contributed by atoms with van der Waals surface area (Å²) in [4.78, 5) is 0.433. The molecule has 0 saturated carbocycles. The SMILES string of the molecule is CNc1ccc(C)cc1C(N)=S. The van der Waals surface area contributed by atoms with Crippen LogP contribution in [-0.2, 0) is 0 Å². The first-order chi connectivity index (χ1) is 5.65. The molecule has 1 rings (SSSR count). The Hall–Kier alpha value is -1.09. The summed E-state index contributed by atoms with van der Waals surface area (Å²) >= 11 is 4.91. The summed E-state index contributed by atoms with van der Waals surface area (Å²) in [6.45, 7) is 2.02. The summed E-state index contributed by atoms with van der Waals surface area (Å²) in [6.07, 6.45) is 0. The van der Waals surface area contributed by atoms with Crippen LogP contribution in [0.5, 0.6) is 0 Å². The molecule has 0 spiro atoms. The quantitative estimate of drug-likeness (QED) is 0.680. The minimum absolute atomic E-state index is 0.433. The van der Waals surface area contributed by atoms with Gasteiger partial charge in [0.2, 0.25) is 0 Å². The molecule has 2 nitrogen and oxygen atoms in total. The second kappa shape index (κ2) is 3.54. The maximum atomic E-state index is 5.55. The largest absolute Gasteiger partial charge is 0.389 e. The van der Waals surface area contributed by atoms with Crippen LogP contribution in [-0.4, -0.2) is 12.0 Å². The lowest BCUT2D eigenvalue weighted by Gasteiger charge is -2.07. The third-order valence-electron chi connectivity index (χ3n) is 1.71. The van der Waals surface area contributed by atoms with E-state index in [4.69, 9.17) is 18.0 Å². The molecule has 0 atom stereocenters. The fourth-order valence-corrected chi connectivity index (χ4v) is 1.25. The van der Waals surface area contributed by atoms with Gasteiger partial charge in [0.05, 0.1) is 0 Å². The first-order valence-electron chi connectivity index (χ1n) is 3.73. The standard InChI is InChI=1S/C9H12N2S/c1-6-3-4-8(11-2)7(5-6)9(10)12/h3-5,11H,1-2H3,(H2,10,12). The van der Waals surface area contributed by atoms with Gasteiger partial charge >= 0.3 is 0 Å². The van der Waals surface area contributed by atoms with E-state index in [1.807, 2.05) is 32.2 Å². The van der Waals surface area contributed by atoms with Gasteiger partial charge in [0.1, 0.15) is 4.99 Å². The molecule has 0 bridgehead atoms. The average molecular weight is 180 g/mol. The highest BCUT2D eigenvalue weighted by Crippen LogP contribution is 2.16. The van der Waals surface area contributed by atoms with Crippen molar-refractivity contribution in [3.63, 3.8) is 0 Å². The third kappa shape index (κ3) is 1.74. The van der Waals surface area contributed by atoms with E-state index in [9.17, 15) is 0 Å². The molecule has 12 heavy (non-hydrogen) atoms. The van der Waals surface area contributed by atoms with Crippen molar-refractivity contribution in [2.45, 2.75) is 6.92 Å². The Morgan fingerprint density at radius 3 is 2.67 bits per heavy atom. The van der Waals surface area contributed by atoms with Crippen molar-refractivity contribution in [1.29, 1.82) is 0 Å². The number of benzene rings is 1. The van der Waals surface area contributed by atoms with E-state index in [1.165, 1.54) is 0 Å². The van der Waals surface area contributed by atoms with Crippen LogP contribution in [0.1, 0.15) is 11.1 Å². The first-order valence-corrected chi connectivity index (χ1v) is 4.14. The van der Waals surface area contributed by atoms with E-state index in [0.29, 0.717) is 4.99 Å². The van der Waals surface area contributed by atoms with E-state index in [2.05, 4.69) is 5.32 Å². The van der Waals surface area contributed by atoms with Gasteiger partial charge in [0, 0.05) is 18.3 Å². The molecule has 0 unspecified atom stereocenters. The maximum Gasteiger partial charge on any atom is 0.106 e. The second-order valence-electron chi connectivity index (χ2n) is 2.66. The topological polar surface area (TPSA) is 38.0 Å².